The molecule has 1 amide bonds. The van der Waals surface area contributed by atoms with E-state index in [0.717, 1.165) is 11.8 Å². The SMILES string of the molecule is CC(=O)[C@@H](N)CSC(CC=O)C(N)=O. The highest BCUT2D eigenvalue weighted by Gasteiger charge is 2.18. The van der Waals surface area contributed by atoms with Gasteiger partial charge in [0.25, 0.3) is 0 Å². The Morgan fingerprint density at radius 1 is 1.50 bits per heavy atom. The molecule has 0 aromatic carbocycles. The third kappa shape index (κ3) is 4.98. The highest BCUT2D eigenvalue weighted by atomic mass is 32.2. The molecule has 0 aromatic heterocycles. The summed E-state index contributed by atoms with van der Waals surface area (Å²) >= 11 is 1.14. The maximum atomic E-state index is 10.8. The molecule has 2 atom stereocenters. The zero-order valence-electron chi connectivity index (χ0n) is 7.93. The van der Waals surface area contributed by atoms with Crippen molar-refractivity contribution in [3.63, 3.8) is 0 Å². The molecule has 0 aliphatic rings. The number of aldehydes is 1. The molecular weight excluding hydrogens is 204 g/mol. The van der Waals surface area contributed by atoms with E-state index in [4.69, 9.17) is 11.5 Å². The van der Waals surface area contributed by atoms with Gasteiger partial charge in [-0.25, -0.2) is 0 Å². The number of carbonyl (C=O) groups is 3. The van der Waals surface area contributed by atoms with E-state index in [1.54, 1.807) is 0 Å². The molecule has 4 N–H and O–H groups in total. The third-order valence-corrected chi connectivity index (χ3v) is 3.01. The van der Waals surface area contributed by atoms with Crippen LogP contribution in [0, 0.1) is 0 Å². The van der Waals surface area contributed by atoms with Crippen molar-refractivity contribution in [3.05, 3.63) is 0 Å². The minimum atomic E-state index is -0.603. The first kappa shape index (κ1) is 13.1. The Morgan fingerprint density at radius 2 is 2.07 bits per heavy atom. The summed E-state index contributed by atoms with van der Waals surface area (Å²) in [6.07, 6.45) is 0.687. The predicted octanol–water partition coefficient (Wildman–Crippen LogP) is -0.921. The van der Waals surface area contributed by atoms with Gasteiger partial charge in [0.15, 0.2) is 0 Å². The van der Waals surface area contributed by atoms with Crippen molar-refractivity contribution in [1.82, 2.24) is 0 Å². The minimum absolute atomic E-state index is 0.0601. The largest absolute Gasteiger partial charge is 0.369 e. The second-order valence-electron chi connectivity index (χ2n) is 2.84. The van der Waals surface area contributed by atoms with Gasteiger partial charge in [-0.05, 0) is 6.92 Å². The van der Waals surface area contributed by atoms with Gasteiger partial charge in [-0.2, -0.15) is 0 Å². The van der Waals surface area contributed by atoms with Crippen molar-refractivity contribution in [3.8, 4) is 0 Å². The van der Waals surface area contributed by atoms with E-state index in [1.807, 2.05) is 0 Å². The normalized spacial score (nSPS) is 14.4. The van der Waals surface area contributed by atoms with Gasteiger partial charge >= 0.3 is 0 Å². The highest BCUT2D eigenvalue weighted by Crippen LogP contribution is 2.14. The average molecular weight is 218 g/mol. The number of primary amides is 1. The van der Waals surface area contributed by atoms with E-state index < -0.39 is 17.2 Å². The molecule has 0 saturated carbocycles. The summed E-state index contributed by atoms with van der Waals surface area (Å²) in [6.45, 7) is 1.38. The summed E-state index contributed by atoms with van der Waals surface area (Å²) < 4.78 is 0. The molecule has 6 heteroatoms. The van der Waals surface area contributed by atoms with Crippen LogP contribution in [0.1, 0.15) is 13.3 Å². The van der Waals surface area contributed by atoms with E-state index in [2.05, 4.69) is 0 Å². The van der Waals surface area contributed by atoms with Gasteiger partial charge in [0.1, 0.15) is 12.1 Å². The Hall–Kier alpha value is -0.880. The van der Waals surface area contributed by atoms with Crippen LogP contribution in [-0.4, -0.2) is 35.0 Å². The van der Waals surface area contributed by atoms with Gasteiger partial charge in [0, 0.05) is 12.2 Å². The third-order valence-electron chi connectivity index (χ3n) is 1.63. The molecule has 0 bridgehead atoms. The molecule has 5 nitrogen and oxygen atoms in total. The molecule has 0 aromatic rings. The Bertz CT molecular complexity index is 233. The molecule has 1 unspecified atom stereocenters. The number of thioether (sulfide) groups is 1. The van der Waals surface area contributed by atoms with Crippen LogP contribution in [0.25, 0.3) is 0 Å². The van der Waals surface area contributed by atoms with Crippen LogP contribution in [0.15, 0.2) is 0 Å². The van der Waals surface area contributed by atoms with E-state index in [-0.39, 0.29) is 12.2 Å². The van der Waals surface area contributed by atoms with Crippen molar-refractivity contribution < 1.29 is 14.4 Å². The molecule has 0 heterocycles. The maximum absolute atomic E-state index is 10.8. The first-order valence-corrected chi connectivity index (χ1v) is 5.14. The second kappa shape index (κ2) is 6.56. The van der Waals surface area contributed by atoms with E-state index in [1.165, 1.54) is 6.92 Å². The first-order valence-electron chi connectivity index (χ1n) is 4.09. The van der Waals surface area contributed by atoms with Crippen molar-refractivity contribution in [2.75, 3.05) is 5.75 Å². The number of ketones is 1. The lowest BCUT2D eigenvalue weighted by Crippen LogP contribution is -2.34. The van der Waals surface area contributed by atoms with E-state index in [9.17, 15) is 14.4 Å². The van der Waals surface area contributed by atoms with Gasteiger partial charge in [0.05, 0.1) is 11.3 Å². The molecular formula is C8H14N2O3S. The van der Waals surface area contributed by atoms with Crippen LogP contribution in [0.2, 0.25) is 0 Å². The Balaban J connectivity index is 3.99. The molecule has 0 spiro atoms. The number of rotatable bonds is 7. The van der Waals surface area contributed by atoms with E-state index in [0.29, 0.717) is 12.0 Å². The second-order valence-corrected chi connectivity index (χ2v) is 4.08. The topological polar surface area (TPSA) is 103 Å². The predicted molar refractivity (Wildman–Crippen MR) is 54.8 cm³/mol. The fourth-order valence-corrected chi connectivity index (χ4v) is 1.74. The number of hydrogen-bond donors (Lipinski definition) is 2. The Morgan fingerprint density at radius 3 is 2.43 bits per heavy atom. The van der Waals surface area contributed by atoms with Crippen LogP contribution in [0.3, 0.4) is 0 Å². The van der Waals surface area contributed by atoms with Crippen LogP contribution >= 0.6 is 11.8 Å². The van der Waals surface area contributed by atoms with E-state index >= 15 is 0 Å². The fraction of sp³-hybridized carbons (Fsp3) is 0.625. The fourth-order valence-electron chi connectivity index (χ4n) is 0.691. The lowest BCUT2D eigenvalue weighted by atomic mass is 10.3. The van der Waals surface area contributed by atoms with Crippen LogP contribution in [-0.2, 0) is 14.4 Å². The zero-order valence-corrected chi connectivity index (χ0v) is 8.75. The van der Waals surface area contributed by atoms with Crippen LogP contribution in [0.4, 0.5) is 0 Å². The van der Waals surface area contributed by atoms with Gasteiger partial charge in [-0.1, -0.05) is 0 Å². The monoisotopic (exact) mass is 218 g/mol. The number of nitrogens with two attached hydrogens (primary N) is 2. The van der Waals surface area contributed by atoms with Crippen molar-refractivity contribution in [1.29, 1.82) is 0 Å². The summed E-state index contributed by atoms with van der Waals surface area (Å²) in [5, 5.41) is -0.585. The van der Waals surface area contributed by atoms with Gasteiger partial charge in [-0.15, -0.1) is 11.8 Å². The average Bonchev–Trinajstić information content (AvgIpc) is 2.10. The van der Waals surface area contributed by atoms with Gasteiger partial charge < -0.3 is 16.3 Å². The lowest BCUT2D eigenvalue weighted by molar-refractivity contribution is -0.119. The number of Topliss-reactive ketones (excluding diaryl/α,β-unsaturated/α-hetero) is 1. The Labute approximate surface area is 86.6 Å². The molecule has 0 radical (unpaired) electrons. The quantitative estimate of drug-likeness (QED) is 0.538. The zero-order chi connectivity index (χ0) is 11.1. The van der Waals surface area contributed by atoms with Crippen molar-refractivity contribution >= 4 is 29.7 Å². The summed E-state index contributed by atoms with van der Waals surface area (Å²) in [7, 11) is 0. The molecule has 0 fully saturated rings. The standard InChI is InChI=1S/C8H14N2O3S/c1-5(12)6(9)4-14-7(2-3-11)8(10)13/h3,6-7H,2,4,9H2,1H3,(H2,10,13)/t6-,7?/m0/s1. The first-order chi connectivity index (χ1) is 6.49. The summed E-state index contributed by atoms with van der Waals surface area (Å²) in [6, 6.07) is -0.603. The number of amides is 1. The summed E-state index contributed by atoms with van der Waals surface area (Å²) in [4.78, 5) is 31.7. The summed E-state index contributed by atoms with van der Waals surface area (Å²) in [5.41, 5.74) is 10.5. The highest BCUT2D eigenvalue weighted by molar-refractivity contribution is 8.00. The number of hydrogen-bond acceptors (Lipinski definition) is 5. The van der Waals surface area contributed by atoms with Crippen LogP contribution < -0.4 is 11.5 Å². The molecule has 0 rings (SSSR count). The van der Waals surface area contributed by atoms with Gasteiger partial charge in [-0.3, -0.25) is 9.59 Å². The van der Waals surface area contributed by atoms with Crippen LogP contribution in [0.5, 0.6) is 0 Å². The van der Waals surface area contributed by atoms with Crippen molar-refractivity contribution in [2.45, 2.75) is 24.6 Å². The molecule has 0 aliphatic carbocycles. The molecule has 14 heavy (non-hydrogen) atoms. The minimum Gasteiger partial charge on any atom is -0.369 e. The Kier molecular flexibility index (Phi) is 6.14. The summed E-state index contributed by atoms with van der Waals surface area (Å²) in [5.74, 6) is -0.402. The maximum Gasteiger partial charge on any atom is 0.230 e. The van der Waals surface area contributed by atoms with Crippen molar-refractivity contribution in [2.24, 2.45) is 11.5 Å². The molecule has 0 saturated heterocycles. The molecule has 80 valence electrons. The van der Waals surface area contributed by atoms with Gasteiger partial charge in [0.2, 0.25) is 5.91 Å². The number of carbonyl (C=O) groups excluding carboxylic acids is 3. The smallest absolute Gasteiger partial charge is 0.230 e. The lowest BCUT2D eigenvalue weighted by Gasteiger charge is -2.12. The molecule has 0 aliphatic heterocycles.